The Kier molecular flexibility index (Phi) is 6.11. The first-order chi connectivity index (χ1) is 15.0. The molecule has 0 fully saturated rings. The smallest absolute Gasteiger partial charge is 0.246 e. The molecule has 2 aliphatic rings. The number of nitrogens with one attached hydrogen (secondary N) is 1. The van der Waals surface area contributed by atoms with Crippen LogP contribution in [0.15, 0.2) is 42.6 Å². The minimum absolute atomic E-state index is 0.0277. The molecule has 2 aromatic rings. The third kappa shape index (κ3) is 4.66. The number of aryl methyl sites for hydroxylation is 1. The summed E-state index contributed by atoms with van der Waals surface area (Å²) in [4.78, 5) is 30.2. The second kappa shape index (κ2) is 9.12. The van der Waals surface area contributed by atoms with Gasteiger partial charge < -0.3 is 15.0 Å². The Morgan fingerprint density at radius 2 is 2.16 bits per heavy atom. The molecule has 160 valence electrons. The number of amides is 2. The second-order valence-corrected chi connectivity index (χ2v) is 7.59. The highest BCUT2D eigenvalue weighted by Crippen LogP contribution is 2.32. The number of allylic oxidation sites excluding steroid dienone is 1. The molecule has 3 heterocycles. The summed E-state index contributed by atoms with van der Waals surface area (Å²) in [6, 6.07) is 6.73. The van der Waals surface area contributed by atoms with E-state index in [0.29, 0.717) is 49.5 Å². The number of pyridine rings is 1. The van der Waals surface area contributed by atoms with Crippen LogP contribution in [0.4, 0.5) is 10.2 Å². The van der Waals surface area contributed by atoms with Crippen molar-refractivity contribution in [1.82, 2.24) is 9.88 Å². The van der Waals surface area contributed by atoms with E-state index in [9.17, 15) is 14.0 Å². The van der Waals surface area contributed by atoms with Gasteiger partial charge in [-0.1, -0.05) is 12.1 Å². The van der Waals surface area contributed by atoms with E-state index in [1.165, 1.54) is 19.3 Å². The summed E-state index contributed by atoms with van der Waals surface area (Å²) >= 11 is 0. The van der Waals surface area contributed by atoms with Gasteiger partial charge in [-0.25, -0.2) is 9.37 Å². The Labute approximate surface area is 180 Å². The highest BCUT2D eigenvalue weighted by atomic mass is 19.1. The van der Waals surface area contributed by atoms with Crippen LogP contribution in [0.3, 0.4) is 0 Å². The number of ether oxygens (including phenoxy) is 1. The fraction of sp³-hybridized carbons (Fsp3) is 0.292. The molecule has 4 rings (SSSR count). The number of carbonyl (C=O) groups excluding carboxylic acids is 2. The number of anilines is 1. The predicted molar refractivity (Wildman–Crippen MR) is 117 cm³/mol. The molecule has 6 nitrogen and oxygen atoms in total. The van der Waals surface area contributed by atoms with Crippen molar-refractivity contribution < 1.29 is 18.7 Å². The van der Waals surface area contributed by atoms with Crippen LogP contribution in [0.1, 0.15) is 36.0 Å². The molecule has 0 spiro atoms. The van der Waals surface area contributed by atoms with E-state index < -0.39 is 0 Å². The minimum Gasteiger partial charge on any atom is -0.496 e. The van der Waals surface area contributed by atoms with Gasteiger partial charge in [0.25, 0.3) is 0 Å². The first kappa shape index (κ1) is 20.8. The number of halogens is 1. The van der Waals surface area contributed by atoms with Crippen molar-refractivity contribution in [3.63, 3.8) is 0 Å². The lowest BCUT2D eigenvalue weighted by Crippen LogP contribution is -2.29. The van der Waals surface area contributed by atoms with Gasteiger partial charge in [-0.2, -0.15) is 0 Å². The number of hydrogen-bond acceptors (Lipinski definition) is 4. The van der Waals surface area contributed by atoms with Crippen LogP contribution >= 0.6 is 0 Å². The van der Waals surface area contributed by atoms with E-state index in [0.717, 1.165) is 23.1 Å². The van der Waals surface area contributed by atoms with Gasteiger partial charge in [0.2, 0.25) is 11.8 Å². The highest BCUT2D eigenvalue weighted by Gasteiger charge is 2.19. The Balaban J connectivity index is 1.46. The van der Waals surface area contributed by atoms with Crippen LogP contribution in [0.5, 0.6) is 5.75 Å². The maximum atomic E-state index is 14.4. The number of methoxy groups -OCH3 is 1. The molecule has 0 saturated heterocycles. The fourth-order valence-corrected chi connectivity index (χ4v) is 3.93. The zero-order chi connectivity index (χ0) is 21.8. The van der Waals surface area contributed by atoms with Crippen molar-refractivity contribution in [3.05, 3.63) is 65.1 Å². The zero-order valence-corrected chi connectivity index (χ0v) is 17.4. The molecule has 0 radical (unpaired) electrons. The van der Waals surface area contributed by atoms with Gasteiger partial charge in [0.1, 0.15) is 17.4 Å². The number of nitrogens with zero attached hydrogens (tertiary/aromatic N) is 2. The Morgan fingerprint density at radius 1 is 1.29 bits per heavy atom. The van der Waals surface area contributed by atoms with Gasteiger partial charge in [0.15, 0.2) is 0 Å². The molecular formula is C24H24FN3O3. The van der Waals surface area contributed by atoms with Gasteiger partial charge in [-0.05, 0) is 60.2 Å². The maximum absolute atomic E-state index is 14.4. The highest BCUT2D eigenvalue weighted by molar-refractivity contribution is 5.94. The number of carbonyl (C=O) groups is 2. The second-order valence-electron chi connectivity index (χ2n) is 7.59. The molecule has 31 heavy (non-hydrogen) atoms. The van der Waals surface area contributed by atoms with Crippen LogP contribution in [0.25, 0.3) is 11.6 Å². The van der Waals surface area contributed by atoms with Crippen molar-refractivity contribution in [2.45, 2.75) is 25.7 Å². The predicted octanol–water partition coefficient (Wildman–Crippen LogP) is 3.83. The average molecular weight is 421 g/mol. The lowest BCUT2D eigenvalue weighted by Gasteiger charge is -2.17. The molecule has 2 aliphatic heterocycles. The van der Waals surface area contributed by atoms with Crippen molar-refractivity contribution in [3.8, 4) is 5.75 Å². The molecule has 0 unspecified atom stereocenters. The third-order valence-corrected chi connectivity index (χ3v) is 5.55. The lowest BCUT2D eigenvalue weighted by atomic mass is 10.00. The van der Waals surface area contributed by atoms with Crippen LogP contribution in [0.2, 0.25) is 0 Å². The molecule has 0 saturated carbocycles. The van der Waals surface area contributed by atoms with Crippen molar-refractivity contribution in [1.29, 1.82) is 0 Å². The zero-order valence-electron chi connectivity index (χ0n) is 17.4. The first-order valence-electron chi connectivity index (χ1n) is 10.3. The van der Waals surface area contributed by atoms with E-state index in [-0.39, 0.29) is 17.6 Å². The third-order valence-electron chi connectivity index (χ3n) is 5.55. The van der Waals surface area contributed by atoms with Gasteiger partial charge in [0, 0.05) is 31.8 Å². The van der Waals surface area contributed by atoms with Crippen molar-refractivity contribution in [2.75, 3.05) is 25.5 Å². The topological polar surface area (TPSA) is 71.5 Å². The Morgan fingerprint density at radius 3 is 3.00 bits per heavy atom. The summed E-state index contributed by atoms with van der Waals surface area (Å²) in [5.41, 5.74) is 3.11. The van der Waals surface area contributed by atoms with Gasteiger partial charge in [-0.15, -0.1) is 0 Å². The van der Waals surface area contributed by atoms with E-state index in [1.807, 2.05) is 12.1 Å². The number of benzene rings is 1. The molecule has 1 aromatic carbocycles. The summed E-state index contributed by atoms with van der Waals surface area (Å²) in [7, 11) is 1.53. The summed E-state index contributed by atoms with van der Waals surface area (Å²) in [5.74, 6) is 0.640. The van der Waals surface area contributed by atoms with E-state index in [2.05, 4.69) is 10.3 Å². The molecule has 0 bridgehead atoms. The fourth-order valence-electron chi connectivity index (χ4n) is 3.93. The van der Waals surface area contributed by atoms with Gasteiger partial charge in [0.05, 0.1) is 12.7 Å². The standard InChI is InChI=1S/C24H24FN3O3/c1-31-20-6-2-5-19(25)23(20)17-4-3-12-28(13-11-17)22(30)10-7-16-14-18-8-9-21(29)27-24(18)26-15-16/h2,5-7,10-11,14-15H,3-4,8-9,12-13H2,1H3,(H,26,27,29)/b10-7+. The van der Waals surface area contributed by atoms with Crippen LogP contribution < -0.4 is 10.1 Å². The van der Waals surface area contributed by atoms with Crippen molar-refractivity contribution in [2.24, 2.45) is 0 Å². The SMILES string of the molecule is COc1cccc(F)c1C1=CCN(C(=O)/C=C/c2cnc3c(c2)CCC(=O)N3)CCC1. The molecule has 0 aliphatic carbocycles. The number of hydrogen-bond donors (Lipinski definition) is 1. The summed E-state index contributed by atoms with van der Waals surface area (Å²) in [6.07, 6.45) is 9.31. The van der Waals surface area contributed by atoms with E-state index >= 15 is 0 Å². The molecule has 2 amide bonds. The first-order valence-corrected chi connectivity index (χ1v) is 10.3. The minimum atomic E-state index is -0.318. The van der Waals surface area contributed by atoms with Crippen LogP contribution in [0, 0.1) is 5.82 Å². The quantitative estimate of drug-likeness (QED) is 0.762. The summed E-state index contributed by atoms with van der Waals surface area (Å²) in [5, 5.41) is 2.75. The molecule has 1 aromatic heterocycles. The number of aromatic nitrogens is 1. The van der Waals surface area contributed by atoms with E-state index in [4.69, 9.17) is 4.74 Å². The number of rotatable bonds is 4. The summed E-state index contributed by atoms with van der Waals surface area (Å²) < 4.78 is 19.7. The molecule has 0 atom stereocenters. The normalized spacial score (nSPS) is 16.4. The maximum Gasteiger partial charge on any atom is 0.246 e. The van der Waals surface area contributed by atoms with E-state index in [1.54, 1.807) is 29.3 Å². The molecular weight excluding hydrogens is 397 g/mol. The molecule has 7 heteroatoms. The Hall–Kier alpha value is -3.48. The largest absolute Gasteiger partial charge is 0.496 e. The van der Waals surface area contributed by atoms with Gasteiger partial charge in [-0.3, -0.25) is 9.59 Å². The summed E-state index contributed by atoms with van der Waals surface area (Å²) in [6.45, 7) is 0.999. The van der Waals surface area contributed by atoms with Gasteiger partial charge >= 0.3 is 0 Å². The van der Waals surface area contributed by atoms with Crippen molar-refractivity contribution >= 4 is 29.3 Å². The number of fused-ring (bicyclic) bond motifs is 1. The average Bonchev–Trinajstić information content (AvgIpc) is 3.03. The lowest BCUT2D eigenvalue weighted by molar-refractivity contribution is -0.125. The molecule has 1 N–H and O–H groups in total. The Bertz CT molecular complexity index is 1080. The van der Waals surface area contributed by atoms with Crippen LogP contribution in [-0.2, 0) is 16.0 Å². The monoisotopic (exact) mass is 421 g/mol. The van der Waals surface area contributed by atoms with Crippen LogP contribution in [-0.4, -0.2) is 41.9 Å².